The van der Waals surface area contributed by atoms with Crippen molar-refractivity contribution in [3.8, 4) is 0 Å². The molecule has 15 heavy (non-hydrogen) atoms. The van der Waals surface area contributed by atoms with Gasteiger partial charge in [-0.3, -0.25) is 0 Å². The molecule has 0 saturated heterocycles. The van der Waals surface area contributed by atoms with E-state index < -0.39 is 0 Å². The van der Waals surface area contributed by atoms with Crippen LogP contribution in [0.2, 0.25) is 0 Å². The van der Waals surface area contributed by atoms with Gasteiger partial charge in [0, 0.05) is 20.3 Å². The number of nitrogens with zero attached hydrogens (tertiary/aromatic N) is 1. The van der Waals surface area contributed by atoms with Crippen LogP contribution < -0.4 is 11.1 Å². The van der Waals surface area contributed by atoms with Crippen LogP contribution in [0.4, 0.5) is 11.5 Å². The van der Waals surface area contributed by atoms with Gasteiger partial charge in [-0.15, -0.1) is 0 Å². The molecule has 0 spiro atoms. The van der Waals surface area contributed by atoms with E-state index in [2.05, 4.69) is 10.3 Å². The summed E-state index contributed by atoms with van der Waals surface area (Å²) in [4.78, 5) is 4.15. The predicted molar refractivity (Wildman–Crippen MR) is 62.9 cm³/mol. The lowest BCUT2D eigenvalue weighted by Crippen LogP contribution is -2.03. The Morgan fingerprint density at radius 3 is 2.87 bits per heavy atom. The third kappa shape index (κ3) is 5.22. The summed E-state index contributed by atoms with van der Waals surface area (Å²) in [5.74, 6) is 0.885. The second-order valence-electron chi connectivity index (χ2n) is 3.46. The molecule has 0 aliphatic heterocycles. The number of methoxy groups -OCH3 is 1. The van der Waals surface area contributed by atoms with Gasteiger partial charge >= 0.3 is 0 Å². The van der Waals surface area contributed by atoms with E-state index in [1.54, 1.807) is 13.3 Å². The average molecular weight is 209 g/mol. The molecule has 0 aliphatic carbocycles. The highest BCUT2D eigenvalue weighted by molar-refractivity contribution is 5.43. The Bertz CT molecular complexity index is 261. The molecule has 3 N–H and O–H groups in total. The molecule has 0 unspecified atom stereocenters. The van der Waals surface area contributed by atoms with E-state index in [0.29, 0.717) is 5.69 Å². The highest BCUT2D eigenvalue weighted by atomic mass is 16.5. The van der Waals surface area contributed by atoms with Crippen molar-refractivity contribution in [3.05, 3.63) is 18.3 Å². The van der Waals surface area contributed by atoms with Gasteiger partial charge in [0.25, 0.3) is 0 Å². The molecule has 0 fully saturated rings. The van der Waals surface area contributed by atoms with Crippen molar-refractivity contribution in [2.75, 3.05) is 31.3 Å². The molecule has 4 heteroatoms. The Morgan fingerprint density at radius 1 is 1.33 bits per heavy atom. The minimum atomic E-state index is 0.695. The first-order valence-electron chi connectivity index (χ1n) is 5.27. The first-order valence-corrected chi connectivity index (χ1v) is 5.27. The third-order valence-corrected chi connectivity index (χ3v) is 2.12. The summed E-state index contributed by atoms with van der Waals surface area (Å²) in [6.45, 7) is 1.79. The van der Waals surface area contributed by atoms with Crippen LogP contribution in [-0.2, 0) is 4.74 Å². The molecular formula is C11H19N3O. The Kier molecular flexibility index (Phi) is 5.55. The zero-order valence-corrected chi connectivity index (χ0v) is 9.20. The fourth-order valence-corrected chi connectivity index (χ4v) is 1.27. The maximum atomic E-state index is 5.53. The SMILES string of the molecule is COCCCCCNc1ccc(N)cn1. The molecule has 1 heterocycles. The van der Waals surface area contributed by atoms with Gasteiger partial charge in [0.1, 0.15) is 5.82 Å². The summed E-state index contributed by atoms with van der Waals surface area (Å²) in [5, 5.41) is 3.24. The Balaban J connectivity index is 2.07. The van der Waals surface area contributed by atoms with Gasteiger partial charge in [0.05, 0.1) is 11.9 Å². The molecule has 0 atom stereocenters. The minimum absolute atomic E-state index is 0.695. The number of anilines is 2. The number of hydrogen-bond donors (Lipinski definition) is 2. The van der Waals surface area contributed by atoms with Crippen LogP contribution in [0.1, 0.15) is 19.3 Å². The predicted octanol–water partition coefficient (Wildman–Crippen LogP) is 1.89. The van der Waals surface area contributed by atoms with Gasteiger partial charge in [-0.05, 0) is 31.4 Å². The number of pyridine rings is 1. The minimum Gasteiger partial charge on any atom is -0.397 e. The van der Waals surface area contributed by atoms with Gasteiger partial charge < -0.3 is 15.8 Å². The lowest BCUT2D eigenvalue weighted by molar-refractivity contribution is 0.192. The van der Waals surface area contributed by atoms with Gasteiger partial charge in [-0.25, -0.2) is 4.98 Å². The van der Waals surface area contributed by atoms with Crippen molar-refractivity contribution in [3.63, 3.8) is 0 Å². The zero-order chi connectivity index (χ0) is 10.9. The fraction of sp³-hybridized carbons (Fsp3) is 0.545. The molecule has 0 radical (unpaired) electrons. The molecule has 84 valence electrons. The number of nitrogens with one attached hydrogen (secondary N) is 1. The zero-order valence-electron chi connectivity index (χ0n) is 9.20. The van der Waals surface area contributed by atoms with E-state index >= 15 is 0 Å². The Morgan fingerprint density at radius 2 is 2.20 bits per heavy atom. The van der Waals surface area contributed by atoms with Gasteiger partial charge in [-0.2, -0.15) is 0 Å². The van der Waals surface area contributed by atoms with E-state index in [0.717, 1.165) is 31.8 Å². The van der Waals surface area contributed by atoms with Gasteiger partial charge in [0.15, 0.2) is 0 Å². The standard InChI is InChI=1S/C11H19N3O/c1-15-8-4-2-3-7-13-11-6-5-10(12)9-14-11/h5-6,9H,2-4,7-8,12H2,1H3,(H,13,14). The molecular weight excluding hydrogens is 190 g/mol. The molecule has 0 amide bonds. The number of nitrogen functional groups attached to an aromatic ring is 1. The van der Waals surface area contributed by atoms with Crippen LogP contribution in [0, 0.1) is 0 Å². The van der Waals surface area contributed by atoms with Gasteiger partial charge in [-0.1, -0.05) is 0 Å². The summed E-state index contributed by atoms with van der Waals surface area (Å²) in [6, 6.07) is 3.74. The lowest BCUT2D eigenvalue weighted by Gasteiger charge is -2.05. The van der Waals surface area contributed by atoms with E-state index in [4.69, 9.17) is 10.5 Å². The van der Waals surface area contributed by atoms with Crippen LogP contribution in [0.5, 0.6) is 0 Å². The monoisotopic (exact) mass is 209 g/mol. The summed E-state index contributed by atoms with van der Waals surface area (Å²) < 4.78 is 4.97. The molecule has 1 rings (SSSR count). The highest BCUT2D eigenvalue weighted by Gasteiger charge is 1.93. The molecule has 0 bridgehead atoms. The normalized spacial score (nSPS) is 10.2. The van der Waals surface area contributed by atoms with E-state index in [-0.39, 0.29) is 0 Å². The van der Waals surface area contributed by atoms with E-state index in [9.17, 15) is 0 Å². The molecule has 4 nitrogen and oxygen atoms in total. The van der Waals surface area contributed by atoms with Crippen molar-refractivity contribution in [1.82, 2.24) is 4.98 Å². The second kappa shape index (κ2) is 7.06. The molecule has 0 saturated carbocycles. The van der Waals surface area contributed by atoms with Crippen LogP contribution in [0.3, 0.4) is 0 Å². The smallest absolute Gasteiger partial charge is 0.126 e. The van der Waals surface area contributed by atoms with Crippen molar-refractivity contribution in [2.45, 2.75) is 19.3 Å². The third-order valence-electron chi connectivity index (χ3n) is 2.12. The first kappa shape index (κ1) is 11.8. The Hall–Kier alpha value is -1.29. The molecule has 0 aliphatic rings. The fourth-order valence-electron chi connectivity index (χ4n) is 1.27. The van der Waals surface area contributed by atoms with E-state index in [1.807, 2.05) is 12.1 Å². The number of aromatic nitrogens is 1. The molecule has 0 aromatic carbocycles. The topological polar surface area (TPSA) is 60.2 Å². The Labute approximate surface area is 90.8 Å². The number of ether oxygens (including phenoxy) is 1. The van der Waals surface area contributed by atoms with Crippen LogP contribution in [-0.4, -0.2) is 25.2 Å². The van der Waals surface area contributed by atoms with Crippen molar-refractivity contribution in [2.24, 2.45) is 0 Å². The molecule has 1 aromatic heterocycles. The highest BCUT2D eigenvalue weighted by Crippen LogP contribution is 2.06. The molecule has 1 aromatic rings. The number of unbranched alkanes of at least 4 members (excludes halogenated alkanes) is 2. The number of hydrogen-bond acceptors (Lipinski definition) is 4. The lowest BCUT2D eigenvalue weighted by atomic mass is 10.2. The van der Waals surface area contributed by atoms with Gasteiger partial charge in [0.2, 0.25) is 0 Å². The van der Waals surface area contributed by atoms with Crippen molar-refractivity contribution < 1.29 is 4.74 Å². The summed E-state index contributed by atoms with van der Waals surface area (Å²) >= 11 is 0. The largest absolute Gasteiger partial charge is 0.397 e. The second-order valence-corrected chi connectivity index (χ2v) is 3.46. The number of nitrogens with two attached hydrogens (primary N) is 1. The van der Waals surface area contributed by atoms with Crippen LogP contribution in [0.15, 0.2) is 18.3 Å². The number of rotatable bonds is 7. The maximum absolute atomic E-state index is 5.53. The summed E-state index contributed by atoms with van der Waals surface area (Å²) in [7, 11) is 1.73. The summed E-state index contributed by atoms with van der Waals surface area (Å²) in [5.41, 5.74) is 6.23. The van der Waals surface area contributed by atoms with Crippen LogP contribution in [0.25, 0.3) is 0 Å². The average Bonchev–Trinajstić information content (AvgIpc) is 2.26. The maximum Gasteiger partial charge on any atom is 0.126 e. The summed E-state index contributed by atoms with van der Waals surface area (Å²) in [6.07, 6.45) is 5.09. The van der Waals surface area contributed by atoms with Crippen LogP contribution >= 0.6 is 0 Å². The quantitative estimate of drug-likeness (QED) is 0.673. The van der Waals surface area contributed by atoms with E-state index in [1.165, 1.54) is 6.42 Å². The van der Waals surface area contributed by atoms with Crippen molar-refractivity contribution in [1.29, 1.82) is 0 Å². The van der Waals surface area contributed by atoms with Crippen molar-refractivity contribution >= 4 is 11.5 Å². The first-order chi connectivity index (χ1) is 7.33.